The molecule has 2 aromatic carbocycles. The van der Waals surface area contributed by atoms with Gasteiger partial charge in [-0.15, -0.1) is 0 Å². The molecule has 0 bridgehead atoms. The van der Waals surface area contributed by atoms with Crippen LogP contribution in [0.5, 0.6) is 11.5 Å². The van der Waals surface area contributed by atoms with E-state index in [-0.39, 0.29) is 6.10 Å². The van der Waals surface area contributed by atoms with Gasteiger partial charge in [-0.3, -0.25) is 4.57 Å². The first kappa shape index (κ1) is 26.6. The number of benzene rings is 2. The largest absolute Gasteiger partial charge is 0.493 e. The van der Waals surface area contributed by atoms with Crippen molar-refractivity contribution in [2.24, 2.45) is 17.8 Å². The molecule has 1 aliphatic rings. The molecule has 7 heteroatoms. The van der Waals surface area contributed by atoms with Gasteiger partial charge in [-0.1, -0.05) is 33.3 Å². The second kappa shape index (κ2) is 11.2. The molecule has 1 fully saturated rings. The zero-order chi connectivity index (χ0) is 25.0. The van der Waals surface area contributed by atoms with Crippen LogP contribution < -0.4 is 19.7 Å². The van der Waals surface area contributed by atoms with Crippen molar-refractivity contribution < 1.29 is 23.7 Å². The van der Waals surface area contributed by atoms with Crippen LogP contribution >= 0.6 is 7.37 Å². The van der Waals surface area contributed by atoms with Gasteiger partial charge in [0.05, 0.1) is 20.3 Å². The van der Waals surface area contributed by atoms with Crippen molar-refractivity contribution in [1.29, 1.82) is 0 Å². The van der Waals surface area contributed by atoms with E-state index in [1.54, 1.807) is 32.4 Å². The standard InChI is InChI=1S/C27H40NO5P/c1-18(2)23-14-8-19(3)16-25(23)33-34(30,22-12-10-21(11-13-22)28(4)5)27(29)20-9-15-24(31-6)26(17-20)32-7/h9-13,15,17-19,23,25,27,29H,8,14,16H2,1-7H3/t19-,23-,25+,27-,34-/m0/s1. The van der Waals surface area contributed by atoms with Crippen LogP contribution in [0.2, 0.25) is 0 Å². The maximum absolute atomic E-state index is 14.7. The normalized spacial score (nSPS) is 23.3. The summed E-state index contributed by atoms with van der Waals surface area (Å²) in [7, 11) is 3.30. The second-order valence-corrected chi connectivity index (χ2v) is 12.4. The van der Waals surface area contributed by atoms with Crippen molar-refractivity contribution in [3.05, 3.63) is 48.0 Å². The van der Waals surface area contributed by atoms with E-state index in [9.17, 15) is 9.67 Å². The molecule has 188 valence electrons. The minimum Gasteiger partial charge on any atom is -0.493 e. The summed E-state index contributed by atoms with van der Waals surface area (Å²) >= 11 is 0. The summed E-state index contributed by atoms with van der Waals surface area (Å²) in [5.41, 5.74) is 1.46. The molecule has 0 saturated heterocycles. The van der Waals surface area contributed by atoms with E-state index in [0.29, 0.717) is 40.1 Å². The van der Waals surface area contributed by atoms with Crippen molar-refractivity contribution in [2.75, 3.05) is 33.2 Å². The summed E-state index contributed by atoms with van der Waals surface area (Å²) in [6, 6.07) is 12.6. The van der Waals surface area contributed by atoms with Crippen molar-refractivity contribution in [2.45, 2.75) is 52.0 Å². The van der Waals surface area contributed by atoms with Gasteiger partial charge in [0, 0.05) is 25.1 Å². The van der Waals surface area contributed by atoms with E-state index < -0.39 is 13.2 Å². The Labute approximate surface area is 204 Å². The van der Waals surface area contributed by atoms with Gasteiger partial charge in [-0.25, -0.2) is 0 Å². The Balaban J connectivity index is 2.07. The van der Waals surface area contributed by atoms with Gasteiger partial charge in [-0.2, -0.15) is 0 Å². The van der Waals surface area contributed by atoms with Crippen molar-refractivity contribution >= 4 is 18.4 Å². The smallest absolute Gasteiger partial charge is 0.264 e. The number of hydrogen-bond acceptors (Lipinski definition) is 6. The van der Waals surface area contributed by atoms with Crippen LogP contribution in [0.15, 0.2) is 42.5 Å². The van der Waals surface area contributed by atoms with E-state index >= 15 is 0 Å². The van der Waals surface area contributed by atoms with E-state index in [2.05, 4.69) is 20.8 Å². The molecule has 0 aliphatic heterocycles. The molecule has 0 radical (unpaired) electrons. The SMILES string of the molecule is COc1ccc([C@@H](O)[P@@](=O)(O[C@@H]2C[C@@H](C)CC[C@H]2C(C)C)c2ccc(N(C)C)cc2)cc1OC. The topological polar surface area (TPSA) is 68.2 Å². The zero-order valence-corrected chi connectivity index (χ0v) is 22.4. The summed E-state index contributed by atoms with van der Waals surface area (Å²) < 4.78 is 32.1. The van der Waals surface area contributed by atoms with E-state index in [4.69, 9.17) is 14.0 Å². The van der Waals surface area contributed by atoms with Crippen molar-refractivity contribution in [3.8, 4) is 11.5 Å². The molecular formula is C27H40NO5P. The van der Waals surface area contributed by atoms with Crippen LogP contribution in [0.4, 0.5) is 5.69 Å². The fourth-order valence-electron chi connectivity index (χ4n) is 4.86. The Kier molecular flexibility index (Phi) is 8.72. The lowest BCUT2D eigenvalue weighted by Crippen LogP contribution is -2.35. The Morgan fingerprint density at radius 3 is 2.21 bits per heavy atom. The van der Waals surface area contributed by atoms with Crippen LogP contribution in [-0.2, 0) is 9.09 Å². The molecule has 5 atom stereocenters. The van der Waals surface area contributed by atoms with Gasteiger partial charge in [0.15, 0.2) is 17.3 Å². The van der Waals surface area contributed by atoms with Gasteiger partial charge in [0.1, 0.15) is 0 Å². The molecule has 3 rings (SSSR count). The lowest BCUT2D eigenvalue weighted by atomic mass is 9.75. The van der Waals surface area contributed by atoms with Crippen LogP contribution in [-0.4, -0.2) is 39.5 Å². The second-order valence-electron chi connectivity index (χ2n) is 9.97. The third kappa shape index (κ3) is 5.62. The number of anilines is 1. The van der Waals surface area contributed by atoms with E-state index in [0.717, 1.165) is 24.9 Å². The fourth-order valence-corrected chi connectivity index (χ4v) is 7.15. The van der Waals surface area contributed by atoms with Crippen LogP contribution in [0.25, 0.3) is 0 Å². The molecule has 0 aromatic heterocycles. The lowest BCUT2D eigenvalue weighted by Gasteiger charge is -2.40. The van der Waals surface area contributed by atoms with Gasteiger partial charge in [-0.05, 0) is 72.6 Å². The summed E-state index contributed by atoms with van der Waals surface area (Å²) in [4.78, 5) is 1.98. The minimum absolute atomic E-state index is 0.182. The molecule has 1 aliphatic carbocycles. The Morgan fingerprint density at radius 2 is 1.65 bits per heavy atom. The highest BCUT2D eigenvalue weighted by Crippen LogP contribution is 2.61. The molecule has 0 spiro atoms. The minimum atomic E-state index is -3.72. The fraction of sp³-hybridized carbons (Fsp3) is 0.556. The number of hydrogen-bond donors (Lipinski definition) is 1. The summed E-state index contributed by atoms with van der Waals surface area (Å²) in [5.74, 6) is 0.874. The van der Waals surface area contributed by atoms with Crippen molar-refractivity contribution in [1.82, 2.24) is 0 Å². The molecule has 0 heterocycles. The number of aliphatic hydroxyl groups is 1. The average molecular weight is 490 g/mol. The van der Waals surface area contributed by atoms with Crippen LogP contribution in [0.3, 0.4) is 0 Å². The molecule has 1 N–H and O–H groups in total. The Morgan fingerprint density at radius 1 is 1.00 bits per heavy atom. The highest BCUT2D eigenvalue weighted by Gasteiger charge is 2.43. The molecular weight excluding hydrogens is 449 g/mol. The molecule has 34 heavy (non-hydrogen) atoms. The van der Waals surface area contributed by atoms with Crippen LogP contribution in [0.1, 0.15) is 51.4 Å². The maximum atomic E-state index is 14.7. The number of ether oxygens (including phenoxy) is 2. The third-order valence-corrected chi connectivity index (χ3v) is 9.55. The first-order valence-electron chi connectivity index (χ1n) is 12.1. The number of rotatable bonds is 9. The first-order valence-corrected chi connectivity index (χ1v) is 13.8. The quantitative estimate of drug-likeness (QED) is 0.446. The Hall–Kier alpha value is -2.01. The highest BCUT2D eigenvalue weighted by atomic mass is 31.2. The van der Waals surface area contributed by atoms with E-state index in [1.807, 2.05) is 43.3 Å². The zero-order valence-electron chi connectivity index (χ0n) is 21.5. The molecule has 0 amide bonds. The number of aliphatic hydroxyl groups excluding tert-OH is 1. The Bertz CT molecular complexity index is 991. The van der Waals surface area contributed by atoms with Crippen LogP contribution in [0, 0.1) is 17.8 Å². The lowest BCUT2D eigenvalue weighted by molar-refractivity contribution is 0.0427. The third-order valence-electron chi connectivity index (χ3n) is 7.01. The van der Waals surface area contributed by atoms with Gasteiger partial charge >= 0.3 is 0 Å². The first-order chi connectivity index (χ1) is 16.1. The molecule has 0 unspecified atom stereocenters. The number of nitrogens with zero attached hydrogens (tertiary/aromatic N) is 1. The van der Waals surface area contributed by atoms with Gasteiger partial charge in [0.2, 0.25) is 0 Å². The highest BCUT2D eigenvalue weighted by molar-refractivity contribution is 7.67. The monoisotopic (exact) mass is 489 g/mol. The summed E-state index contributed by atoms with van der Waals surface area (Å²) in [6.45, 7) is 6.60. The molecule has 1 saturated carbocycles. The predicted octanol–water partition coefficient (Wildman–Crippen LogP) is 5.84. The summed E-state index contributed by atoms with van der Waals surface area (Å²) in [5, 5.41) is 12.1. The van der Waals surface area contributed by atoms with E-state index in [1.165, 1.54) is 0 Å². The molecule has 6 nitrogen and oxygen atoms in total. The average Bonchev–Trinajstić information content (AvgIpc) is 2.82. The van der Waals surface area contributed by atoms with Gasteiger partial charge in [0.25, 0.3) is 7.37 Å². The summed E-state index contributed by atoms with van der Waals surface area (Å²) in [6.07, 6.45) is 2.83. The number of methoxy groups -OCH3 is 2. The maximum Gasteiger partial charge on any atom is 0.264 e. The predicted molar refractivity (Wildman–Crippen MR) is 139 cm³/mol. The van der Waals surface area contributed by atoms with Gasteiger partial charge < -0.3 is 24.0 Å². The van der Waals surface area contributed by atoms with Crippen molar-refractivity contribution in [3.63, 3.8) is 0 Å². The molecule has 2 aromatic rings.